The second-order valence-electron chi connectivity index (χ2n) is 6.76. The van der Waals surface area contributed by atoms with Gasteiger partial charge >= 0.3 is 0 Å². The lowest BCUT2D eigenvalue weighted by Gasteiger charge is -2.20. The molecular weight excluding hydrogens is 350 g/mol. The summed E-state index contributed by atoms with van der Waals surface area (Å²) in [4.78, 5) is 28.9. The normalized spacial score (nSPS) is 10.5. The monoisotopic (exact) mass is 375 g/mol. The largest absolute Gasteiger partial charge is 0.373 e. The highest BCUT2D eigenvalue weighted by atomic mass is 16.2. The average Bonchev–Trinajstić information content (AvgIpc) is 2.77. The van der Waals surface area contributed by atoms with E-state index in [1.807, 2.05) is 49.8 Å². The number of hydrogen-bond donors (Lipinski definition) is 0. The van der Waals surface area contributed by atoms with Gasteiger partial charge in [0.25, 0.3) is 5.91 Å². The van der Waals surface area contributed by atoms with Crippen LogP contribution in [-0.4, -0.2) is 52.9 Å². The fourth-order valence-corrected chi connectivity index (χ4v) is 2.86. The Balaban J connectivity index is 1.53. The SMILES string of the molecule is CN(CCc1ccncc1)C(=O)c1ccc(N(C)CCc2ccncc2)cn1. The summed E-state index contributed by atoms with van der Waals surface area (Å²) < 4.78 is 0. The maximum atomic E-state index is 12.6. The van der Waals surface area contributed by atoms with Gasteiger partial charge in [-0.25, -0.2) is 4.98 Å². The Kier molecular flexibility index (Phi) is 6.68. The fraction of sp³-hybridized carbons (Fsp3) is 0.273. The van der Waals surface area contributed by atoms with Gasteiger partial charge in [-0.3, -0.25) is 14.8 Å². The van der Waals surface area contributed by atoms with Crippen molar-refractivity contribution in [2.45, 2.75) is 12.8 Å². The highest BCUT2D eigenvalue weighted by Crippen LogP contribution is 2.13. The van der Waals surface area contributed by atoms with Crippen LogP contribution in [0.5, 0.6) is 0 Å². The van der Waals surface area contributed by atoms with Crippen molar-refractivity contribution in [1.82, 2.24) is 19.9 Å². The number of aromatic nitrogens is 3. The van der Waals surface area contributed by atoms with Gasteiger partial charge in [0.2, 0.25) is 0 Å². The molecule has 3 aromatic heterocycles. The number of hydrogen-bond acceptors (Lipinski definition) is 5. The van der Waals surface area contributed by atoms with Crippen LogP contribution in [-0.2, 0) is 12.8 Å². The molecule has 3 heterocycles. The molecule has 0 aliphatic heterocycles. The molecule has 0 N–H and O–H groups in total. The molecule has 0 fully saturated rings. The Labute approximate surface area is 165 Å². The summed E-state index contributed by atoms with van der Waals surface area (Å²) in [6, 6.07) is 11.7. The topological polar surface area (TPSA) is 62.2 Å². The Morgan fingerprint density at radius 3 is 1.93 bits per heavy atom. The number of carbonyl (C=O) groups excluding carboxylic acids is 1. The van der Waals surface area contributed by atoms with Gasteiger partial charge in [0.1, 0.15) is 5.69 Å². The lowest BCUT2D eigenvalue weighted by molar-refractivity contribution is 0.0791. The summed E-state index contributed by atoms with van der Waals surface area (Å²) in [5, 5.41) is 0. The zero-order chi connectivity index (χ0) is 19.8. The van der Waals surface area contributed by atoms with Gasteiger partial charge < -0.3 is 9.80 Å². The molecule has 144 valence electrons. The van der Waals surface area contributed by atoms with Gasteiger partial charge in [0.05, 0.1) is 11.9 Å². The standard InChI is InChI=1S/C22H25N5O/c1-26(15-9-18-5-11-23-12-6-18)20-3-4-21(25-17-20)22(28)27(2)16-10-19-7-13-24-14-8-19/h3-8,11-14,17H,9-10,15-16H2,1-2H3. The van der Waals surface area contributed by atoms with Crippen LogP contribution in [0.4, 0.5) is 5.69 Å². The van der Waals surface area contributed by atoms with Crippen LogP contribution < -0.4 is 4.90 Å². The highest BCUT2D eigenvalue weighted by molar-refractivity contribution is 5.92. The molecule has 6 nitrogen and oxygen atoms in total. The summed E-state index contributed by atoms with van der Waals surface area (Å²) in [6.07, 6.45) is 10.6. The van der Waals surface area contributed by atoms with Gasteiger partial charge in [-0.05, 0) is 60.4 Å². The molecule has 6 heteroatoms. The minimum Gasteiger partial charge on any atom is -0.373 e. The highest BCUT2D eigenvalue weighted by Gasteiger charge is 2.13. The quantitative estimate of drug-likeness (QED) is 0.606. The maximum absolute atomic E-state index is 12.6. The number of amides is 1. The molecular formula is C22H25N5O. The first-order chi connectivity index (χ1) is 13.6. The van der Waals surface area contributed by atoms with Crippen molar-refractivity contribution in [3.05, 3.63) is 84.2 Å². The van der Waals surface area contributed by atoms with E-state index in [1.165, 1.54) is 5.56 Å². The van der Waals surface area contributed by atoms with Crippen LogP contribution in [0.1, 0.15) is 21.6 Å². The Morgan fingerprint density at radius 1 is 0.821 bits per heavy atom. The third-order valence-electron chi connectivity index (χ3n) is 4.72. The van der Waals surface area contributed by atoms with Crippen molar-refractivity contribution in [2.24, 2.45) is 0 Å². The molecule has 3 rings (SSSR count). The van der Waals surface area contributed by atoms with Crippen molar-refractivity contribution in [3.63, 3.8) is 0 Å². The number of pyridine rings is 3. The minimum absolute atomic E-state index is 0.0694. The van der Waals surface area contributed by atoms with E-state index in [4.69, 9.17) is 0 Å². The summed E-state index contributed by atoms with van der Waals surface area (Å²) >= 11 is 0. The first kappa shape index (κ1) is 19.5. The molecule has 28 heavy (non-hydrogen) atoms. The predicted molar refractivity (Wildman–Crippen MR) is 110 cm³/mol. The number of anilines is 1. The Morgan fingerprint density at radius 2 is 1.39 bits per heavy atom. The molecule has 0 saturated heterocycles. The summed E-state index contributed by atoms with van der Waals surface area (Å²) in [7, 11) is 3.83. The molecule has 0 aromatic carbocycles. The van der Waals surface area contributed by atoms with Crippen molar-refractivity contribution >= 4 is 11.6 Å². The lowest BCUT2D eigenvalue weighted by Crippen LogP contribution is -2.29. The Hall–Kier alpha value is -3.28. The zero-order valence-corrected chi connectivity index (χ0v) is 16.3. The van der Waals surface area contributed by atoms with Crippen molar-refractivity contribution < 1.29 is 4.79 Å². The van der Waals surface area contributed by atoms with E-state index in [-0.39, 0.29) is 5.91 Å². The predicted octanol–water partition coefficient (Wildman–Crippen LogP) is 2.87. The first-order valence-electron chi connectivity index (χ1n) is 9.34. The van der Waals surface area contributed by atoms with Crippen LogP contribution >= 0.6 is 0 Å². The van der Waals surface area contributed by atoms with Gasteiger partial charge in [-0.1, -0.05) is 0 Å². The van der Waals surface area contributed by atoms with Crippen LogP contribution in [0, 0.1) is 0 Å². The number of likely N-dealkylation sites (N-methyl/N-ethyl adjacent to an activating group) is 2. The smallest absolute Gasteiger partial charge is 0.272 e. The summed E-state index contributed by atoms with van der Waals surface area (Å²) in [5.74, 6) is -0.0694. The molecule has 0 unspecified atom stereocenters. The summed E-state index contributed by atoms with van der Waals surface area (Å²) in [5.41, 5.74) is 3.86. The molecule has 0 aliphatic rings. The third kappa shape index (κ3) is 5.36. The summed E-state index contributed by atoms with van der Waals surface area (Å²) in [6.45, 7) is 1.50. The second-order valence-corrected chi connectivity index (χ2v) is 6.76. The second kappa shape index (κ2) is 9.60. The lowest BCUT2D eigenvalue weighted by atomic mass is 10.2. The van der Waals surface area contributed by atoms with Gasteiger partial charge in [-0.15, -0.1) is 0 Å². The molecule has 3 aromatic rings. The maximum Gasteiger partial charge on any atom is 0.272 e. The van der Waals surface area contributed by atoms with E-state index in [0.29, 0.717) is 12.2 Å². The average molecular weight is 375 g/mol. The van der Waals surface area contributed by atoms with Crippen LogP contribution in [0.25, 0.3) is 0 Å². The zero-order valence-electron chi connectivity index (χ0n) is 16.3. The number of carbonyl (C=O) groups is 1. The van der Waals surface area contributed by atoms with Gasteiger partial charge in [0, 0.05) is 52.0 Å². The molecule has 0 radical (unpaired) electrons. The van der Waals surface area contributed by atoms with E-state index in [0.717, 1.165) is 30.6 Å². The van der Waals surface area contributed by atoms with E-state index in [1.54, 1.807) is 36.6 Å². The van der Waals surface area contributed by atoms with E-state index in [2.05, 4.69) is 19.9 Å². The van der Waals surface area contributed by atoms with E-state index in [9.17, 15) is 4.79 Å². The number of nitrogens with zero attached hydrogens (tertiary/aromatic N) is 5. The van der Waals surface area contributed by atoms with Crippen molar-refractivity contribution in [2.75, 3.05) is 32.1 Å². The van der Waals surface area contributed by atoms with Crippen LogP contribution in [0.2, 0.25) is 0 Å². The fourth-order valence-electron chi connectivity index (χ4n) is 2.86. The Bertz CT molecular complexity index is 868. The molecule has 0 saturated carbocycles. The minimum atomic E-state index is -0.0694. The van der Waals surface area contributed by atoms with Gasteiger partial charge in [0.15, 0.2) is 0 Å². The van der Waals surface area contributed by atoms with Crippen LogP contribution in [0.15, 0.2) is 67.4 Å². The third-order valence-corrected chi connectivity index (χ3v) is 4.72. The molecule has 0 spiro atoms. The molecule has 0 bridgehead atoms. The van der Waals surface area contributed by atoms with Crippen molar-refractivity contribution in [1.29, 1.82) is 0 Å². The van der Waals surface area contributed by atoms with Crippen molar-refractivity contribution in [3.8, 4) is 0 Å². The van der Waals surface area contributed by atoms with Gasteiger partial charge in [-0.2, -0.15) is 0 Å². The molecule has 0 atom stereocenters. The van der Waals surface area contributed by atoms with E-state index < -0.39 is 0 Å². The van der Waals surface area contributed by atoms with Crippen LogP contribution in [0.3, 0.4) is 0 Å². The number of rotatable bonds is 8. The first-order valence-corrected chi connectivity index (χ1v) is 9.34. The molecule has 0 aliphatic carbocycles. The van der Waals surface area contributed by atoms with E-state index >= 15 is 0 Å². The molecule has 1 amide bonds.